The molecule has 6 nitrogen and oxygen atoms in total. The van der Waals surface area contributed by atoms with Crippen molar-refractivity contribution in [2.75, 3.05) is 7.11 Å². The molecule has 4 aromatic rings. The van der Waals surface area contributed by atoms with Gasteiger partial charge in [-0.25, -0.2) is 4.39 Å². The highest BCUT2D eigenvalue weighted by molar-refractivity contribution is 5.76. The quantitative estimate of drug-likeness (QED) is 0.348. The Kier molecular flexibility index (Phi) is 7.65. The Morgan fingerprint density at radius 2 is 1.74 bits per heavy atom. The van der Waals surface area contributed by atoms with Crippen LogP contribution >= 0.6 is 0 Å². The van der Waals surface area contributed by atoms with Gasteiger partial charge in [0, 0.05) is 18.4 Å². The van der Waals surface area contributed by atoms with Crippen LogP contribution in [-0.2, 0) is 17.6 Å². The largest absolute Gasteiger partial charge is 0.497 e. The van der Waals surface area contributed by atoms with E-state index in [1.165, 1.54) is 12.1 Å². The summed E-state index contributed by atoms with van der Waals surface area (Å²) < 4.78 is 24.3. The van der Waals surface area contributed by atoms with Gasteiger partial charge in [0.1, 0.15) is 11.6 Å². The third kappa shape index (κ3) is 6.28. The van der Waals surface area contributed by atoms with Gasteiger partial charge in [0.2, 0.25) is 17.7 Å². The van der Waals surface area contributed by atoms with Crippen molar-refractivity contribution in [1.82, 2.24) is 15.5 Å². The number of nitrogens with zero attached hydrogens (tertiary/aromatic N) is 2. The lowest BCUT2D eigenvalue weighted by Gasteiger charge is -2.20. The number of ether oxygens (including phenoxy) is 1. The summed E-state index contributed by atoms with van der Waals surface area (Å²) in [7, 11) is 1.61. The topological polar surface area (TPSA) is 77.2 Å². The fourth-order valence-corrected chi connectivity index (χ4v) is 3.66. The minimum Gasteiger partial charge on any atom is -0.497 e. The van der Waals surface area contributed by atoms with Crippen molar-refractivity contribution in [1.29, 1.82) is 0 Å². The first-order valence-corrected chi connectivity index (χ1v) is 11.2. The lowest BCUT2D eigenvalue weighted by molar-refractivity contribution is -0.121. The lowest BCUT2D eigenvalue weighted by atomic mass is 9.98. The Morgan fingerprint density at radius 3 is 2.44 bits per heavy atom. The lowest BCUT2D eigenvalue weighted by Crippen LogP contribution is -2.29. The molecule has 7 heteroatoms. The summed E-state index contributed by atoms with van der Waals surface area (Å²) in [6, 6.07) is 23.2. The molecular formula is C27H26FN3O3. The van der Waals surface area contributed by atoms with E-state index in [2.05, 4.69) is 15.5 Å². The first kappa shape index (κ1) is 23.2. The third-order valence-corrected chi connectivity index (χ3v) is 5.49. The van der Waals surface area contributed by atoms with E-state index in [0.29, 0.717) is 37.5 Å². The Labute approximate surface area is 197 Å². The van der Waals surface area contributed by atoms with E-state index in [4.69, 9.17) is 9.15 Å². The average Bonchev–Trinajstić information content (AvgIpc) is 3.34. The van der Waals surface area contributed by atoms with Gasteiger partial charge in [-0.2, -0.15) is 0 Å². The molecule has 0 aliphatic carbocycles. The molecule has 1 heterocycles. The van der Waals surface area contributed by atoms with Crippen LogP contribution in [0.15, 0.2) is 83.3 Å². The summed E-state index contributed by atoms with van der Waals surface area (Å²) in [6.07, 6.45) is 1.95. The summed E-state index contributed by atoms with van der Waals surface area (Å²) in [5.41, 5.74) is 2.74. The van der Waals surface area contributed by atoms with Gasteiger partial charge in [-0.05, 0) is 60.4 Å². The SMILES string of the molecule is COc1ccc(C(Cc2ccc(F)cc2)NC(=O)CCCc2nnc(-c3ccccc3)o2)cc1. The Bertz CT molecular complexity index is 1190. The van der Waals surface area contributed by atoms with E-state index < -0.39 is 0 Å². The van der Waals surface area contributed by atoms with E-state index >= 15 is 0 Å². The molecule has 0 aliphatic heterocycles. The summed E-state index contributed by atoms with van der Waals surface area (Å²) in [5, 5.41) is 11.3. The van der Waals surface area contributed by atoms with Crippen LogP contribution in [0.2, 0.25) is 0 Å². The first-order valence-electron chi connectivity index (χ1n) is 11.2. The fourth-order valence-electron chi connectivity index (χ4n) is 3.66. The summed E-state index contributed by atoms with van der Waals surface area (Å²) >= 11 is 0. The fraction of sp³-hybridized carbons (Fsp3) is 0.222. The Balaban J connectivity index is 1.36. The molecule has 0 aliphatic rings. The second kappa shape index (κ2) is 11.2. The Hall–Kier alpha value is -4.00. The number of carbonyl (C=O) groups excluding carboxylic acids is 1. The number of nitrogens with one attached hydrogen (secondary N) is 1. The number of carbonyl (C=O) groups is 1. The zero-order valence-corrected chi connectivity index (χ0v) is 18.9. The predicted octanol–water partition coefficient (Wildman–Crippen LogP) is 5.31. The van der Waals surface area contributed by atoms with Crippen LogP contribution in [0.4, 0.5) is 4.39 Å². The number of rotatable bonds is 10. The molecule has 3 aromatic carbocycles. The van der Waals surface area contributed by atoms with Crippen LogP contribution in [0.5, 0.6) is 5.75 Å². The van der Waals surface area contributed by atoms with Crippen molar-refractivity contribution in [2.45, 2.75) is 31.7 Å². The van der Waals surface area contributed by atoms with E-state index in [1.807, 2.05) is 54.6 Å². The molecule has 4 rings (SSSR count). The third-order valence-electron chi connectivity index (χ3n) is 5.49. The zero-order chi connectivity index (χ0) is 23.8. The number of aromatic nitrogens is 2. The molecule has 0 fully saturated rings. The van der Waals surface area contributed by atoms with Gasteiger partial charge in [-0.15, -0.1) is 10.2 Å². The van der Waals surface area contributed by atoms with Crippen molar-refractivity contribution < 1.29 is 18.3 Å². The van der Waals surface area contributed by atoms with E-state index in [9.17, 15) is 9.18 Å². The zero-order valence-electron chi connectivity index (χ0n) is 18.9. The van der Waals surface area contributed by atoms with Gasteiger partial charge in [-0.3, -0.25) is 4.79 Å². The highest BCUT2D eigenvalue weighted by Gasteiger charge is 2.16. The van der Waals surface area contributed by atoms with E-state index in [-0.39, 0.29) is 17.8 Å². The molecule has 1 atom stereocenters. The van der Waals surface area contributed by atoms with Crippen LogP contribution in [0.1, 0.15) is 35.9 Å². The summed E-state index contributed by atoms with van der Waals surface area (Å²) in [4.78, 5) is 12.7. The van der Waals surface area contributed by atoms with Gasteiger partial charge in [0.15, 0.2) is 0 Å². The Morgan fingerprint density at radius 1 is 1.00 bits per heavy atom. The minimum atomic E-state index is -0.287. The molecule has 1 aromatic heterocycles. The molecule has 1 amide bonds. The number of methoxy groups -OCH3 is 1. The van der Waals surface area contributed by atoms with Gasteiger partial charge in [0.05, 0.1) is 13.2 Å². The molecule has 0 spiro atoms. The number of halogens is 1. The predicted molar refractivity (Wildman–Crippen MR) is 127 cm³/mol. The summed E-state index contributed by atoms with van der Waals surface area (Å²) in [6.45, 7) is 0. The highest BCUT2D eigenvalue weighted by Crippen LogP contribution is 2.22. The van der Waals surface area contributed by atoms with Crippen LogP contribution in [-0.4, -0.2) is 23.2 Å². The molecule has 1 unspecified atom stereocenters. The maximum absolute atomic E-state index is 13.3. The van der Waals surface area contributed by atoms with Gasteiger partial charge in [-0.1, -0.05) is 42.5 Å². The number of hydrogen-bond acceptors (Lipinski definition) is 5. The number of amides is 1. The monoisotopic (exact) mass is 459 g/mol. The molecule has 0 radical (unpaired) electrons. The van der Waals surface area contributed by atoms with Crippen LogP contribution in [0, 0.1) is 5.82 Å². The van der Waals surface area contributed by atoms with Crippen molar-refractivity contribution in [3.63, 3.8) is 0 Å². The molecule has 0 saturated carbocycles. The maximum Gasteiger partial charge on any atom is 0.247 e. The molecular weight excluding hydrogens is 433 g/mol. The van der Waals surface area contributed by atoms with Crippen LogP contribution < -0.4 is 10.1 Å². The molecule has 1 N–H and O–H groups in total. The van der Waals surface area contributed by atoms with Gasteiger partial charge in [0.25, 0.3) is 0 Å². The average molecular weight is 460 g/mol. The maximum atomic E-state index is 13.3. The minimum absolute atomic E-state index is 0.0780. The second-order valence-corrected chi connectivity index (χ2v) is 7.94. The number of benzene rings is 3. The van der Waals surface area contributed by atoms with Crippen LogP contribution in [0.25, 0.3) is 11.5 Å². The molecule has 34 heavy (non-hydrogen) atoms. The van der Waals surface area contributed by atoms with Crippen molar-refractivity contribution in [3.05, 3.63) is 102 Å². The smallest absolute Gasteiger partial charge is 0.247 e. The van der Waals surface area contributed by atoms with Crippen LogP contribution in [0.3, 0.4) is 0 Å². The van der Waals surface area contributed by atoms with Gasteiger partial charge >= 0.3 is 0 Å². The highest BCUT2D eigenvalue weighted by atomic mass is 19.1. The summed E-state index contributed by atoms with van der Waals surface area (Å²) in [5.74, 6) is 1.35. The molecule has 174 valence electrons. The first-order chi connectivity index (χ1) is 16.6. The second-order valence-electron chi connectivity index (χ2n) is 7.94. The van der Waals surface area contributed by atoms with Crippen molar-refractivity contribution in [3.8, 4) is 17.2 Å². The van der Waals surface area contributed by atoms with E-state index in [1.54, 1.807) is 19.2 Å². The molecule has 0 saturated heterocycles. The van der Waals surface area contributed by atoms with E-state index in [0.717, 1.165) is 22.4 Å². The standard InChI is InChI=1S/C27H26FN3O3/c1-33-23-16-12-20(13-17-23)24(18-19-10-14-22(28)15-11-19)29-25(32)8-5-9-26-30-31-27(34-26)21-6-3-2-4-7-21/h2-4,6-7,10-17,24H,5,8-9,18H2,1H3,(H,29,32). The van der Waals surface area contributed by atoms with Crippen molar-refractivity contribution >= 4 is 5.91 Å². The van der Waals surface area contributed by atoms with Crippen molar-refractivity contribution in [2.24, 2.45) is 0 Å². The van der Waals surface area contributed by atoms with Gasteiger partial charge < -0.3 is 14.5 Å². The normalized spacial score (nSPS) is 11.7. The number of hydrogen-bond donors (Lipinski definition) is 1. The molecule has 0 bridgehead atoms. The number of aryl methyl sites for hydroxylation is 1.